The van der Waals surface area contributed by atoms with E-state index >= 15 is 0 Å². The molecule has 146 valence electrons. The lowest BCUT2D eigenvalue weighted by atomic mass is 10.2. The Labute approximate surface area is 170 Å². The highest BCUT2D eigenvalue weighted by Gasteiger charge is 2.15. The zero-order valence-corrected chi connectivity index (χ0v) is 17.1. The van der Waals surface area contributed by atoms with Crippen molar-refractivity contribution in [1.82, 2.24) is 25.1 Å². The van der Waals surface area contributed by atoms with E-state index in [-0.39, 0.29) is 24.1 Å². The molecule has 0 atom stereocenters. The summed E-state index contributed by atoms with van der Waals surface area (Å²) >= 11 is 2.73. The van der Waals surface area contributed by atoms with Gasteiger partial charge in [-0.15, -0.1) is 21.5 Å². The zero-order chi connectivity index (χ0) is 19.9. The molecule has 2 N–H and O–H groups in total. The van der Waals surface area contributed by atoms with Crippen LogP contribution in [-0.4, -0.2) is 37.3 Å². The number of thioether (sulfide) groups is 1. The van der Waals surface area contributed by atoms with Crippen molar-refractivity contribution in [2.45, 2.75) is 32.1 Å². The minimum absolute atomic E-state index is 0.149. The third-order valence-corrected chi connectivity index (χ3v) is 5.55. The number of carbonyl (C=O) groups is 2. The van der Waals surface area contributed by atoms with Crippen molar-refractivity contribution < 1.29 is 9.59 Å². The molecule has 0 fully saturated rings. The van der Waals surface area contributed by atoms with Gasteiger partial charge in [0.25, 0.3) is 5.91 Å². The number of benzene rings is 1. The molecule has 0 saturated heterocycles. The lowest BCUT2D eigenvalue weighted by Gasteiger charge is -2.08. The van der Waals surface area contributed by atoms with E-state index in [1.165, 1.54) is 23.1 Å². The molecule has 3 aromatic rings. The molecule has 10 heteroatoms. The molecule has 1 aromatic carbocycles. The molecule has 0 radical (unpaired) electrons. The largest absolute Gasteiger partial charge is 0.345 e. The van der Waals surface area contributed by atoms with Crippen LogP contribution in [0.15, 0.2) is 41.7 Å². The number of anilines is 1. The number of hydrogen-bond acceptors (Lipinski definition) is 7. The number of amides is 2. The third-order valence-electron chi connectivity index (χ3n) is 3.75. The fourth-order valence-electron chi connectivity index (χ4n) is 2.42. The number of nitrogens with zero attached hydrogens (tertiary/aromatic N) is 4. The Bertz CT molecular complexity index is 954. The maximum absolute atomic E-state index is 12.2. The second kappa shape index (κ2) is 9.47. The van der Waals surface area contributed by atoms with Gasteiger partial charge in [-0.25, -0.2) is 4.98 Å². The van der Waals surface area contributed by atoms with Gasteiger partial charge in [0.05, 0.1) is 12.3 Å². The lowest BCUT2D eigenvalue weighted by molar-refractivity contribution is -0.113. The van der Waals surface area contributed by atoms with E-state index in [4.69, 9.17) is 0 Å². The summed E-state index contributed by atoms with van der Waals surface area (Å²) in [4.78, 5) is 29.4. The summed E-state index contributed by atoms with van der Waals surface area (Å²) in [5.41, 5.74) is 0.591. The summed E-state index contributed by atoms with van der Waals surface area (Å²) in [5.74, 6) is 0.528. The van der Waals surface area contributed by atoms with Gasteiger partial charge in [-0.05, 0) is 26.0 Å². The van der Waals surface area contributed by atoms with Crippen molar-refractivity contribution in [3.05, 3.63) is 52.8 Å². The first-order chi connectivity index (χ1) is 13.6. The maximum Gasteiger partial charge on any atom is 0.251 e. The van der Waals surface area contributed by atoms with Gasteiger partial charge in [-0.3, -0.25) is 9.59 Å². The van der Waals surface area contributed by atoms with Crippen molar-refractivity contribution in [1.29, 1.82) is 0 Å². The first-order valence-electron chi connectivity index (χ1n) is 8.67. The highest BCUT2D eigenvalue weighted by atomic mass is 32.2. The normalized spacial score (nSPS) is 10.6. The summed E-state index contributed by atoms with van der Waals surface area (Å²) in [6.07, 6.45) is 1.72. The van der Waals surface area contributed by atoms with E-state index in [0.717, 1.165) is 4.88 Å². The molecule has 8 nitrogen and oxygen atoms in total. The molecule has 0 aliphatic carbocycles. The first kappa shape index (κ1) is 20.0. The Balaban J connectivity index is 1.55. The summed E-state index contributed by atoms with van der Waals surface area (Å²) in [6.45, 7) is 4.80. The average Bonchev–Trinajstić information content (AvgIpc) is 3.30. The second-order valence-corrected chi connectivity index (χ2v) is 7.98. The molecular formula is C18H20N6O2S2. The topological polar surface area (TPSA) is 102 Å². The standard InChI is InChI=1S/C18H20N6O2S2/c1-3-24-14(10-19-16(26)13-7-5-4-6-8-13)22-23-18(24)27-11-15(25)21-17-20-9-12(2)28-17/h4-9H,3,10-11H2,1-2H3,(H,19,26)(H,20,21,25). The molecule has 0 aliphatic heterocycles. The Kier molecular flexibility index (Phi) is 6.77. The lowest BCUT2D eigenvalue weighted by Crippen LogP contribution is -2.24. The fraction of sp³-hybridized carbons (Fsp3) is 0.278. The fourth-order valence-corrected chi connectivity index (χ4v) is 3.92. The summed E-state index contributed by atoms with van der Waals surface area (Å²) < 4.78 is 1.89. The molecule has 0 bridgehead atoms. The van der Waals surface area contributed by atoms with Gasteiger partial charge in [0, 0.05) is 23.2 Å². The molecule has 0 unspecified atom stereocenters. The highest BCUT2D eigenvalue weighted by Crippen LogP contribution is 2.20. The monoisotopic (exact) mass is 416 g/mol. The van der Waals surface area contributed by atoms with E-state index in [0.29, 0.717) is 28.2 Å². The van der Waals surface area contributed by atoms with Crippen LogP contribution in [0, 0.1) is 6.92 Å². The van der Waals surface area contributed by atoms with Crippen LogP contribution in [-0.2, 0) is 17.9 Å². The van der Waals surface area contributed by atoms with Crippen LogP contribution < -0.4 is 10.6 Å². The summed E-state index contributed by atoms with van der Waals surface area (Å²) in [6, 6.07) is 9.00. The van der Waals surface area contributed by atoms with Crippen LogP contribution in [0.5, 0.6) is 0 Å². The number of nitrogens with one attached hydrogen (secondary N) is 2. The predicted octanol–water partition coefficient (Wildman–Crippen LogP) is 2.72. The van der Waals surface area contributed by atoms with E-state index in [1.54, 1.807) is 18.3 Å². The minimum atomic E-state index is -0.168. The first-order valence-corrected chi connectivity index (χ1v) is 10.5. The minimum Gasteiger partial charge on any atom is -0.345 e. The molecule has 28 heavy (non-hydrogen) atoms. The zero-order valence-electron chi connectivity index (χ0n) is 15.5. The van der Waals surface area contributed by atoms with Crippen molar-refractivity contribution >= 4 is 40.0 Å². The van der Waals surface area contributed by atoms with Crippen LogP contribution in [0.4, 0.5) is 5.13 Å². The highest BCUT2D eigenvalue weighted by molar-refractivity contribution is 7.99. The Morgan fingerprint density at radius 2 is 2.00 bits per heavy atom. The van der Waals surface area contributed by atoms with Gasteiger partial charge < -0.3 is 15.2 Å². The predicted molar refractivity (Wildman–Crippen MR) is 110 cm³/mol. The van der Waals surface area contributed by atoms with Gasteiger partial charge in [0.15, 0.2) is 16.1 Å². The average molecular weight is 417 g/mol. The summed E-state index contributed by atoms with van der Waals surface area (Å²) in [5, 5.41) is 15.1. The number of hydrogen-bond donors (Lipinski definition) is 2. The quantitative estimate of drug-likeness (QED) is 0.548. The SMILES string of the molecule is CCn1c(CNC(=O)c2ccccc2)nnc1SCC(=O)Nc1ncc(C)s1. The molecular weight excluding hydrogens is 396 g/mol. The van der Waals surface area contributed by atoms with Crippen LogP contribution in [0.3, 0.4) is 0 Å². The smallest absolute Gasteiger partial charge is 0.251 e. The van der Waals surface area contributed by atoms with Gasteiger partial charge in [-0.2, -0.15) is 0 Å². The van der Waals surface area contributed by atoms with E-state index in [1.807, 2.05) is 36.6 Å². The van der Waals surface area contributed by atoms with Crippen molar-refractivity contribution in [3.8, 4) is 0 Å². The van der Waals surface area contributed by atoms with Crippen molar-refractivity contribution in [2.24, 2.45) is 0 Å². The Morgan fingerprint density at radius 3 is 2.68 bits per heavy atom. The maximum atomic E-state index is 12.2. The van der Waals surface area contributed by atoms with Crippen LogP contribution in [0.2, 0.25) is 0 Å². The third kappa shape index (κ3) is 5.17. The molecule has 3 rings (SSSR count). The molecule has 0 saturated carbocycles. The molecule has 2 amide bonds. The van der Waals surface area contributed by atoms with Gasteiger partial charge in [0.2, 0.25) is 5.91 Å². The van der Waals surface area contributed by atoms with Gasteiger partial charge in [-0.1, -0.05) is 30.0 Å². The van der Waals surface area contributed by atoms with E-state index in [9.17, 15) is 9.59 Å². The van der Waals surface area contributed by atoms with Crippen molar-refractivity contribution in [2.75, 3.05) is 11.1 Å². The molecule has 0 spiro atoms. The number of rotatable bonds is 8. The van der Waals surface area contributed by atoms with Gasteiger partial charge in [0.1, 0.15) is 0 Å². The number of carbonyl (C=O) groups excluding carboxylic acids is 2. The molecule has 2 aromatic heterocycles. The summed E-state index contributed by atoms with van der Waals surface area (Å²) in [7, 11) is 0. The van der Waals surface area contributed by atoms with Crippen LogP contribution in [0.25, 0.3) is 0 Å². The Hall–Kier alpha value is -2.72. The number of thiazole rings is 1. The number of aromatic nitrogens is 4. The molecule has 0 aliphatic rings. The van der Waals surface area contributed by atoms with E-state index in [2.05, 4.69) is 25.8 Å². The number of aryl methyl sites for hydroxylation is 1. The van der Waals surface area contributed by atoms with E-state index < -0.39 is 0 Å². The molecule has 2 heterocycles. The van der Waals surface area contributed by atoms with Crippen LogP contribution in [0.1, 0.15) is 28.0 Å². The van der Waals surface area contributed by atoms with Crippen molar-refractivity contribution in [3.63, 3.8) is 0 Å². The van der Waals surface area contributed by atoms with Crippen LogP contribution >= 0.6 is 23.1 Å². The Morgan fingerprint density at radius 1 is 1.21 bits per heavy atom. The second-order valence-electron chi connectivity index (χ2n) is 5.80. The van der Waals surface area contributed by atoms with Gasteiger partial charge >= 0.3 is 0 Å².